The minimum atomic E-state index is -0.411. The van der Waals surface area contributed by atoms with Crippen molar-refractivity contribution in [3.05, 3.63) is 65.5 Å². The van der Waals surface area contributed by atoms with Crippen molar-refractivity contribution in [1.82, 2.24) is 0 Å². The lowest BCUT2D eigenvalue weighted by molar-refractivity contribution is 0.318. The Hall–Kier alpha value is -2.01. The van der Waals surface area contributed by atoms with Crippen LogP contribution in [0.1, 0.15) is 11.1 Å². The number of hydrogen-bond donors (Lipinski definition) is 2. The topological polar surface area (TPSA) is 58.6 Å². The lowest BCUT2D eigenvalue weighted by Gasteiger charge is -2.08. The molecule has 0 saturated carbocycles. The van der Waals surface area contributed by atoms with E-state index >= 15 is 0 Å². The van der Waals surface area contributed by atoms with Crippen LogP contribution in [-0.4, -0.2) is 11.0 Å². The van der Waals surface area contributed by atoms with E-state index in [0.717, 1.165) is 16.2 Å². The summed E-state index contributed by atoms with van der Waals surface area (Å²) in [5.41, 5.74) is 7.11. The van der Waals surface area contributed by atoms with Gasteiger partial charge >= 0.3 is 0 Å². The van der Waals surface area contributed by atoms with Crippen molar-refractivity contribution in [2.24, 2.45) is 10.9 Å². The minimum absolute atomic E-state index is 0.0879. The number of rotatable bonds is 4. The van der Waals surface area contributed by atoms with Crippen molar-refractivity contribution in [2.75, 3.05) is 0 Å². The largest absolute Gasteiger partial charge is 0.409 e. The molecule has 0 aliphatic heterocycles. The third-order valence-corrected chi connectivity index (χ3v) is 3.71. The highest BCUT2D eigenvalue weighted by molar-refractivity contribution is 7.98. The van der Waals surface area contributed by atoms with E-state index in [9.17, 15) is 4.39 Å². The molecule has 0 fully saturated rings. The summed E-state index contributed by atoms with van der Waals surface area (Å²) in [4.78, 5) is 0.778. The molecule has 3 nitrogen and oxygen atoms in total. The van der Waals surface area contributed by atoms with Crippen molar-refractivity contribution in [3.63, 3.8) is 0 Å². The zero-order valence-corrected chi connectivity index (χ0v) is 10.9. The Morgan fingerprint density at radius 2 is 1.95 bits per heavy atom. The van der Waals surface area contributed by atoms with Gasteiger partial charge in [-0.1, -0.05) is 35.5 Å². The summed E-state index contributed by atoms with van der Waals surface area (Å²) in [6, 6.07) is 14.2. The summed E-state index contributed by atoms with van der Waals surface area (Å²) in [6.07, 6.45) is 0. The summed E-state index contributed by atoms with van der Waals surface area (Å²) in [5.74, 6) is 0.235. The van der Waals surface area contributed by atoms with Crippen LogP contribution in [0.15, 0.2) is 58.6 Å². The van der Waals surface area contributed by atoms with Crippen LogP contribution in [0.5, 0.6) is 0 Å². The van der Waals surface area contributed by atoms with Gasteiger partial charge in [0.15, 0.2) is 5.84 Å². The molecule has 0 atom stereocenters. The predicted octanol–water partition coefficient (Wildman–Crippen LogP) is 3.21. The predicted molar refractivity (Wildman–Crippen MR) is 74.9 cm³/mol. The van der Waals surface area contributed by atoms with Gasteiger partial charge in [0.1, 0.15) is 5.82 Å². The maximum absolute atomic E-state index is 13.2. The molecule has 2 rings (SSSR count). The SMILES string of the molecule is NC(=NO)c1cc(F)ccc1SCc1ccccc1. The standard InChI is InChI=1S/C14H13FN2OS/c15-11-6-7-13(12(8-11)14(16)17-18)19-9-10-4-2-1-3-5-10/h1-8,18H,9H2,(H2,16,17). The molecule has 98 valence electrons. The quantitative estimate of drug-likeness (QED) is 0.296. The van der Waals surface area contributed by atoms with E-state index < -0.39 is 5.82 Å². The molecule has 0 amide bonds. The number of nitrogens with zero attached hydrogens (tertiary/aromatic N) is 1. The second-order valence-electron chi connectivity index (χ2n) is 3.90. The van der Waals surface area contributed by atoms with Crippen LogP contribution in [-0.2, 0) is 5.75 Å². The van der Waals surface area contributed by atoms with Gasteiger partial charge in [-0.05, 0) is 23.8 Å². The van der Waals surface area contributed by atoms with Crippen LogP contribution in [0.3, 0.4) is 0 Å². The van der Waals surface area contributed by atoms with Gasteiger partial charge in [-0.3, -0.25) is 0 Å². The second-order valence-corrected chi connectivity index (χ2v) is 4.92. The Kier molecular flexibility index (Phi) is 4.41. The smallest absolute Gasteiger partial charge is 0.171 e. The Balaban J connectivity index is 2.20. The molecule has 0 aliphatic rings. The van der Waals surface area contributed by atoms with Crippen molar-refractivity contribution in [1.29, 1.82) is 0 Å². The first-order chi connectivity index (χ1) is 9.20. The zero-order valence-electron chi connectivity index (χ0n) is 10.1. The van der Waals surface area contributed by atoms with E-state index in [4.69, 9.17) is 10.9 Å². The van der Waals surface area contributed by atoms with E-state index in [1.165, 1.54) is 23.9 Å². The number of nitrogens with two attached hydrogens (primary N) is 1. The van der Waals surface area contributed by atoms with Gasteiger partial charge in [-0.2, -0.15) is 0 Å². The normalized spacial score (nSPS) is 11.5. The Morgan fingerprint density at radius 1 is 1.21 bits per heavy atom. The van der Waals surface area contributed by atoms with Gasteiger partial charge < -0.3 is 10.9 Å². The first-order valence-corrected chi connectivity index (χ1v) is 6.63. The monoisotopic (exact) mass is 276 g/mol. The highest BCUT2D eigenvalue weighted by Crippen LogP contribution is 2.26. The first-order valence-electron chi connectivity index (χ1n) is 5.65. The molecular formula is C14H13FN2OS. The van der Waals surface area contributed by atoms with E-state index in [1.54, 1.807) is 6.07 Å². The molecular weight excluding hydrogens is 263 g/mol. The van der Waals surface area contributed by atoms with Crippen molar-refractivity contribution in [3.8, 4) is 0 Å². The van der Waals surface area contributed by atoms with E-state index in [1.807, 2.05) is 30.3 Å². The van der Waals surface area contributed by atoms with E-state index in [-0.39, 0.29) is 5.84 Å². The van der Waals surface area contributed by atoms with Gasteiger partial charge in [0.05, 0.1) is 0 Å². The Morgan fingerprint density at radius 3 is 2.63 bits per heavy atom. The highest BCUT2D eigenvalue weighted by atomic mass is 32.2. The Bertz CT molecular complexity index is 587. The van der Waals surface area contributed by atoms with Gasteiger partial charge in [0, 0.05) is 16.2 Å². The van der Waals surface area contributed by atoms with Crippen LogP contribution < -0.4 is 5.73 Å². The number of hydrogen-bond acceptors (Lipinski definition) is 3. The number of oxime groups is 1. The maximum Gasteiger partial charge on any atom is 0.171 e. The van der Waals surface area contributed by atoms with Crippen molar-refractivity contribution < 1.29 is 9.60 Å². The fraction of sp³-hybridized carbons (Fsp3) is 0.0714. The molecule has 0 bridgehead atoms. The Labute approximate surface area is 114 Å². The zero-order chi connectivity index (χ0) is 13.7. The van der Waals surface area contributed by atoms with Crippen LogP contribution in [0, 0.1) is 5.82 Å². The molecule has 5 heteroatoms. The van der Waals surface area contributed by atoms with Crippen LogP contribution in [0.2, 0.25) is 0 Å². The van der Waals surface area contributed by atoms with Crippen LogP contribution in [0.25, 0.3) is 0 Å². The first kappa shape index (κ1) is 13.4. The minimum Gasteiger partial charge on any atom is -0.409 e. The molecule has 0 radical (unpaired) electrons. The molecule has 0 unspecified atom stereocenters. The van der Waals surface area contributed by atoms with Crippen LogP contribution in [0.4, 0.5) is 4.39 Å². The summed E-state index contributed by atoms with van der Waals surface area (Å²) in [5, 5.41) is 11.6. The van der Waals surface area contributed by atoms with Gasteiger partial charge in [0.25, 0.3) is 0 Å². The van der Waals surface area contributed by atoms with Gasteiger partial charge in [-0.25, -0.2) is 4.39 Å². The summed E-state index contributed by atoms with van der Waals surface area (Å²) in [7, 11) is 0. The lowest BCUT2D eigenvalue weighted by atomic mass is 10.2. The van der Waals surface area contributed by atoms with Crippen LogP contribution >= 0.6 is 11.8 Å². The molecule has 19 heavy (non-hydrogen) atoms. The fourth-order valence-corrected chi connectivity index (χ4v) is 2.62. The molecule has 2 aromatic carbocycles. The fourth-order valence-electron chi connectivity index (χ4n) is 1.62. The molecule has 0 spiro atoms. The molecule has 0 saturated heterocycles. The third-order valence-electron chi connectivity index (χ3n) is 2.56. The average Bonchev–Trinajstić information content (AvgIpc) is 2.46. The summed E-state index contributed by atoms with van der Waals surface area (Å²) >= 11 is 1.51. The number of halogens is 1. The summed E-state index contributed by atoms with van der Waals surface area (Å²) < 4.78 is 13.2. The van der Waals surface area contributed by atoms with Crippen molar-refractivity contribution in [2.45, 2.75) is 10.6 Å². The molecule has 3 N–H and O–H groups in total. The lowest BCUT2D eigenvalue weighted by Crippen LogP contribution is -2.14. The molecule has 0 aliphatic carbocycles. The molecule has 2 aromatic rings. The van der Waals surface area contributed by atoms with Crippen molar-refractivity contribution >= 4 is 17.6 Å². The number of thioether (sulfide) groups is 1. The van der Waals surface area contributed by atoms with Gasteiger partial charge in [-0.15, -0.1) is 11.8 Å². The van der Waals surface area contributed by atoms with Gasteiger partial charge in [0.2, 0.25) is 0 Å². The summed E-state index contributed by atoms with van der Waals surface area (Å²) in [6.45, 7) is 0. The van der Waals surface area contributed by atoms with E-state index in [2.05, 4.69) is 5.16 Å². The second kappa shape index (κ2) is 6.24. The average molecular weight is 276 g/mol. The molecule has 0 aromatic heterocycles. The molecule has 0 heterocycles. The third kappa shape index (κ3) is 3.48. The van der Waals surface area contributed by atoms with E-state index in [0.29, 0.717) is 5.56 Å². The maximum atomic E-state index is 13.2. The highest BCUT2D eigenvalue weighted by Gasteiger charge is 2.09. The number of benzene rings is 2. The number of amidine groups is 1.